The first-order chi connectivity index (χ1) is 7.47. The Labute approximate surface area is 96.6 Å². The Hall–Kier alpha value is -1.20. The fourth-order valence-electron chi connectivity index (χ4n) is 0.989. The fourth-order valence-corrected chi connectivity index (χ4v) is 0.989. The van der Waals surface area contributed by atoms with Crippen molar-refractivity contribution in [2.24, 2.45) is 5.73 Å². The molecule has 90 valence electrons. The van der Waals surface area contributed by atoms with Crippen LogP contribution < -0.4 is 10.5 Å². The Morgan fingerprint density at radius 1 is 1.31 bits per heavy atom. The lowest BCUT2D eigenvalue weighted by Gasteiger charge is -2.32. The van der Waals surface area contributed by atoms with E-state index in [1.165, 1.54) is 0 Å². The molecule has 5 heteroatoms. The molecule has 1 heterocycles. The second kappa shape index (κ2) is 5.23. The Morgan fingerprint density at radius 2 is 1.94 bits per heavy atom. The van der Waals surface area contributed by atoms with E-state index in [2.05, 4.69) is 28.7 Å². The Kier molecular flexibility index (Phi) is 4.20. The minimum Gasteiger partial charge on any atom is -0.474 e. The van der Waals surface area contributed by atoms with Crippen LogP contribution in [0, 0.1) is 0 Å². The van der Waals surface area contributed by atoms with Gasteiger partial charge in [-0.15, -0.1) is 0 Å². The Balaban J connectivity index is 2.67. The van der Waals surface area contributed by atoms with E-state index in [-0.39, 0.29) is 5.54 Å². The predicted octanol–water partition coefficient (Wildman–Crippen LogP) is 0.654. The van der Waals surface area contributed by atoms with Gasteiger partial charge in [0.15, 0.2) is 0 Å². The largest absolute Gasteiger partial charge is 0.474 e. The first-order valence-corrected chi connectivity index (χ1v) is 5.27. The number of hydrogen-bond acceptors (Lipinski definition) is 5. The van der Waals surface area contributed by atoms with Gasteiger partial charge in [0, 0.05) is 24.5 Å². The highest BCUT2D eigenvalue weighted by molar-refractivity contribution is 5.16. The van der Waals surface area contributed by atoms with E-state index in [0.29, 0.717) is 24.7 Å². The van der Waals surface area contributed by atoms with Crippen LogP contribution in [0.2, 0.25) is 0 Å². The summed E-state index contributed by atoms with van der Waals surface area (Å²) in [6.45, 7) is 5.09. The summed E-state index contributed by atoms with van der Waals surface area (Å²) in [5, 5.41) is 0. The third-order valence-electron chi connectivity index (χ3n) is 2.70. The average molecular weight is 224 g/mol. The third-order valence-corrected chi connectivity index (χ3v) is 2.70. The lowest BCUT2D eigenvalue weighted by Crippen LogP contribution is -2.43. The van der Waals surface area contributed by atoms with Crippen LogP contribution in [-0.4, -0.2) is 41.1 Å². The quantitative estimate of drug-likeness (QED) is 0.795. The number of ether oxygens (including phenoxy) is 1. The molecule has 1 aromatic rings. The molecule has 0 aromatic carbocycles. The van der Waals surface area contributed by atoms with Gasteiger partial charge in [0.25, 0.3) is 0 Å². The minimum absolute atomic E-state index is 0.0522. The van der Waals surface area contributed by atoms with Crippen LogP contribution in [0.3, 0.4) is 0 Å². The molecule has 0 saturated heterocycles. The minimum atomic E-state index is -0.0522. The summed E-state index contributed by atoms with van der Waals surface area (Å²) in [6.07, 6.45) is 3.23. The van der Waals surface area contributed by atoms with Crippen LogP contribution in [0.4, 0.5) is 0 Å². The van der Waals surface area contributed by atoms with Gasteiger partial charge in [-0.2, -0.15) is 0 Å². The second-order valence-electron chi connectivity index (χ2n) is 4.51. The van der Waals surface area contributed by atoms with Gasteiger partial charge in [0.05, 0.1) is 0 Å². The monoisotopic (exact) mass is 224 g/mol. The van der Waals surface area contributed by atoms with E-state index in [4.69, 9.17) is 10.5 Å². The van der Waals surface area contributed by atoms with Crippen molar-refractivity contribution in [2.75, 3.05) is 20.7 Å². The fraction of sp³-hybridized carbons (Fsp3) is 0.636. The topological polar surface area (TPSA) is 64.3 Å². The van der Waals surface area contributed by atoms with Crippen molar-refractivity contribution in [2.45, 2.75) is 25.9 Å². The van der Waals surface area contributed by atoms with Crippen LogP contribution in [0.5, 0.6) is 5.88 Å². The van der Waals surface area contributed by atoms with E-state index in [1.807, 2.05) is 14.1 Å². The highest BCUT2D eigenvalue weighted by Gasteiger charge is 2.22. The molecule has 0 spiro atoms. The van der Waals surface area contributed by atoms with Gasteiger partial charge in [-0.1, -0.05) is 0 Å². The van der Waals surface area contributed by atoms with Crippen LogP contribution >= 0.6 is 0 Å². The molecule has 1 aromatic heterocycles. The molecule has 1 rings (SSSR count). The number of nitrogens with zero attached hydrogens (tertiary/aromatic N) is 3. The van der Waals surface area contributed by atoms with Gasteiger partial charge in [-0.05, 0) is 27.9 Å². The maximum Gasteiger partial charge on any atom is 0.237 e. The molecule has 0 saturated carbocycles. The molecule has 0 fully saturated rings. The molecule has 0 aliphatic carbocycles. The highest BCUT2D eigenvalue weighted by atomic mass is 16.5. The number of likely N-dealkylation sites (N-methyl/N-ethyl adjacent to an activating group) is 1. The van der Waals surface area contributed by atoms with Crippen LogP contribution in [0.25, 0.3) is 0 Å². The average Bonchev–Trinajstić information content (AvgIpc) is 2.26. The van der Waals surface area contributed by atoms with Gasteiger partial charge < -0.3 is 15.4 Å². The number of nitrogens with two attached hydrogens (primary N) is 1. The van der Waals surface area contributed by atoms with Crippen LogP contribution in [0.15, 0.2) is 12.4 Å². The van der Waals surface area contributed by atoms with Crippen molar-refractivity contribution in [3.8, 4) is 5.88 Å². The first-order valence-electron chi connectivity index (χ1n) is 5.27. The van der Waals surface area contributed by atoms with Gasteiger partial charge in [0.1, 0.15) is 12.3 Å². The van der Waals surface area contributed by atoms with Crippen LogP contribution in [0.1, 0.15) is 19.5 Å². The Bertz CT molecular complexity index is 339. The number of aromatic nitrogens is 2. The molecule has 0 bridgehead atoms. The SMILES string of the molecule is CN(C)C(C)(C)COc1nccnc1CN. The zero-order chi connectivity index (χ0) is 12.2. The maximum atomic E-state index is 5.66. The van der Waals surface area contributed by atoms with Crippen molar-refractivity contribution in [3.05, 3.63) is 18.1 Å². The zero-order valence-corrected chi connectivity index (χ0v) is 10.4. The molecule has 0 radical (unpaired) electrons. The summed E-state index contributed by atoms with van der Waals surface area (Å²) in [4.78, 5) is 10.3. The van der Waals surface area contributed by atoms with E-state index in [9.17, 15) is 0 Å². The van der Waals surface area contributed by atoms with Gasteiger partial charge in [-0.3, -0.25) is 4.98 Å². The van der Waals surface area contributed by atoms with Crippen molar-refractivity contribution in [3.63, 3.8) is 0 Å². The molecule has 0 aliphatic rings. The molecule has 0 aliphatic heterocycles. The second-order valence-corrected chi connectivity index (χ2v) is 4.51. The normalized spacial score (nSPS) is 11.9. The van der Waals surface area contributed by atoms with Gasteiger partial charge >= 0.3 is 0 Å². The summed E-state index contributed by atoms with van der Waals surface area (Å²) >= 11 is 0. The molecule has 0 amide bonds. The number of hydrogen-bond donors (Lipinski definition) is 1. The van der Waals surface area contributed by atoms with E-state index < -0.39 is 0 Å². The lowest BCUT2D eigenvalue weighted by atomic mass is 10.1. The van der Waals surface area contributed by atoms with Crippen LogP contribution in [-0.2, 0) is 6.54 Å². The smallest absolute Gasteiger partial charge is 0.237 e. The first kappa shape index (κ1) is 12.9. The molecule has 0 atom stereocenters. The summed E-state index contributed by atoms with van der Waals surface area (Å²) in [7, 11) is 4.04. The third kappa shape index (κ3) is 3.15. The molecular weight excluding hydrogens is 204 g/mol. The summed E-state index contributed by atoms with van der Waals surface area (Å²) in [5.41, 5.74) is 6.20. The molecular formula is C11H20N4O. The molecule has 16 heavy (non-hydrogen) atoms. The van der Waals surface area contributed by atoms with Gasteiger partial charge in [0.2, 0.25) is 5.88 Å². The van der Waals surface area contributed by atoms with Crippen molar-refractivity contribution < 1.29 is 4.74 Å². The molecule has 5 nitrogen and oxygen atoms in total. The molecule has 2 N–H and O–H groups in total. The predicted molar refractivity (Wildman–Crippen MR) is 63.2 cm³/mol. The maximum absolute atomic E-state index is 5.66. The Morgan fingerprint density at radius 3 is 2.50 bits per heavy atom. The standard InChI is InChI=1S/C11H20N4O/c1-11(2,15(3)4)8-16-10-9(7-12)13-5-6-14-10/h5-6H,7-8,12H2,1-4H3. The van der Waals surface area contributed by atoms with E-state index in [0.717, 1.165) is 0 Å². The highest BCUT2D eigenvalue weighted by Crippen LogP contribution is 2.15. The lowest BCUT2D eigenvalue weighted by molar-refractivity contribution is 0.110. The van der Waals surface area contributed by atoms with Crippen molar-refractivity contribution in [1.29, 1.82) is 0 Å². The van der Waals surface area contributed by atoms with E-state index >= 15 is 0 Å². The summed E-state index contributed by atoms with van der Waals surface area (Å²) < 4.78 is 5.66. The van der Waals surface area contributed by atoms with Gasteiger partial charge in [-0.25, -0.2) is 4.98 Å². The van der Waals surface area contributed by atoms with Crippen molar-refractivity contribution in [1.82, 2.24) is 14.9 Å². The summed E-state index contributed by atoms with van der Waals surface area (Å²) in [5.74, 6) is 0.528. The summed E-state index contributed by atoms with van der Waals surface area (Å²) in [6, 6.07) is 0. The number of rotatable bonds is 5. The van der Waals surface area contributed by atoms with Crippen molar-refractivity contribution >= 4 is 0 Å². The molecule has 0 unspecified atom stereocenters. The zero-order valence-electron chi connectivity index (χ0n) is 10.4. The van der Waals surface area contributed by atoms with E-state index in [1.54, 1.807) is 12.4 Å².